The number of benzene rings is 2. The summed E-state index contributed by atoms with van der Waals surface area (Å²) in [5, 5.41) is 0.731. The number of unbranched alkanes of at least 4 members (excludes halogenated alkanes) is 2. The third-order valence-electron chi connectivity index (χ3n) is 7.34. The minimum absolute atomic E-state index is 0.224. The van der Waals surface area contributed by atoms with Crippen molar-refractivity contribution in [1.29, 1.82) is 0 Å². The molecule has 0 N–H and O–H groups in total. The first-order valence-corrected chi connectivity index (χ1v) is 14.4. The van der Waals surface area contributed by atoms with Crippen molar-refractivity contribution in [2.45, 2.75) is 82.9 Å². The van der Waals surface area contributed by atoms with Crippen molar-refractivity contribution in [3.63, 3.8) is 0 Å². The standard InChI is InChI=1S/C31H43ClO6/c1-5-8-16-35-28-27(38-31(20-33-4)21-37-30(31)29(28)36-17-9-6-2)23-12-15-26(32)24(19-23)18-22-10-13-25(14-11-22)34-7-3/h10-15,19,27-30H,5-9,16-18,20-21H2,1-4H3/t27-,28-,29+,30-,31-/m0/s1. The summed E-state index contributed by atoms with van der Waals surface area (Å²) in [5.41, 5.74) is 2.68. The topological polar surface area (TPSA) is 55.4 Å². The van der Waals surface area contributed by atoms with Crippen LogP contribution in [0.15, 0.2) is 42.5 Å². The summed E-state index contributed by atoms with van der Waals surface area (Å²) in [5.74, 6) is 0.869. The molecule has 0 radical (unpaired) electrons. The van der Waals surface area contributed by atoms with Gasteiger partial charge in [-0.15, -0.1) is 0 Å². The highest BCUT2D eigenvalue weighted by molar-refractivity contribution is 6.31. The molecule has 2 aromatic rings. The largest absolute Gasteiger partial charge is 0.494 e. The number of methoxy groups -OCH3 is 1. The first-order chi connectivity index (χ1) is 18.5. The Labute approximate surface area is 232 Å². The minimum Gasteiger partial charge on any atom is -0.494 e. The van der Waals surface area contributed by atoms with Crippen LogP contribution in [0.2, 0.25) is 5.02 Å². The molecule has 0 aliphatic carbocycles. The van der Waals surface area contributed by atoms with Gasteiger partial charge in [-0.3, -0.25) is 0 Å². The minimum atomic E-state index is -0.560. The van der Waals surface area contributed by atoms with Crippen LogP contribution in [-0.2, 0) is 30.1 Å². The Morgan fingerprint density at radius 2 is 1.66 bits per heavy atom. The van der Waals surface area contributed by atoms with Gasteiger partial charge in [0.15, 0.2) is 0 Å². The van der Waals surface area contributed by atoms with Crippen molar-refractivity contribution in [3.8, 4) is 5.75 Å². The van der Waals surface area contributed by atoms with Gasteiger partial charge in [0, 0.05) is 25.3 Å². The fourth-order valence-electron chi connectivity index (χ4n) is 5.27. The van der Waals surface area contributed by atoms with E-state index >= 15 is 0 Å². The van der Waals surface area contributed by atoms with E-state index in [-0.39, 0.29) is 24.4 Å². The molecular formula is C31H43ClO6. The van der Waals surface area contributed by atoms with Crippen molar-refractivity contribution in [2.24, 2.45) is 0 Å². The normalized spacial score (nSPS) is 26.6. The van der Waals surface area contributed by atoms with Crippen LogP contribution in [0.3, 0.4) is 0 Å². The zero-order chi connectivity index (χ0) is 27.0. The van der Waals surface area contributed by atoms with E-state index in [0.717, 1.165) is 53.1 Å². The molecule has 0 bridgehead atoms. The highest BCUT2D eigenvalue weighted by Crippen LogP contribution is 2.47. The summed E-state index contributed by atoms with van der Waals surface area (Å²) < 4.78 is 37.1. The zero-order valence-electron chi connectivity index (χ0n) is 23.2. The van der Waals surface area contributed by atoms with Crippen LogP contribution in [0.4, 0.5) is 0 Å². The molecule has 0 saturated carbocycles. The average Bonchev–Trinajstić information content (AvgIpc) is 2.90. The summed E-state index contributed by atoms with van der Waals surface area (Å²) >= 11 is 6.70. The second-order valence-corrected chi connectivity index (χ2v) is 10.7. The molecule has 0 aromatic heterocycles. The monoisotopic (exact) mass is 546 g/mol. The Hall–Kier alpha value is -1.67. The van der Waals surface area contributed by atoms with Crippen LogP contribution >= 0.6 is 11.6 Å². The lowest BCUT2D eigenvalue weighted by atomic mass is 9.79. The molecular weight excluding hydrogens is 504 g/mol. The van der Waals surface area contributed by atoms with Crippen molar-refractivity contribution in [1.82, 2.24) is 0 Å². The Bertz CT molecular complexity index is 998. The van der Waals surface area contributed by atoms with Crippen LogP contribution < -0.4 is 4.74 Å². The van der Waals surface area contributed by atoms with E-state index in [4.69, 9.17) is 40.0 Å². The first kappa shape index (κ1) is 29.3. The van der Waals surface area contributed by atoms with Crippen LogP contribution in [0.25, 0.3) is 0 Å². The predicted molar refractivity (Wildman–Crippen MR) is 149 cm³/mol. The van der Waals surface area contributed by atoms with Gasteiger partial charge >= 0.3 is 0 Å². The molecule has 2 aliphatic heterocycles. The number of hydrogen-bond acceptors (Lipinski definition) is 6. The van der Waals surface area contributed by atoms with Crippen molar-refractivity contribution >= 4 is 11.6 Å². The maximum Gasteiger partial charge on any atom is 0.144 e. The second-order valence-electron chi connectivity index (χ2n) is 10.3. The molecule has 0 amide bonds. The average molecular weight is 547 g/mol. The molecule has 5 atom stereocenters. The quantitative estimate of drug-likeness (QED) is 0.236. The van der Waals surface area contributed by atoms with Crippen molar-refractivity contribution < 1.29 is 28.4 Å². The molecule has 7 heteroatoms. The highest BCUT2D eigenvalue weighted by Gasteiger charge is 2.62. The molecule has 2 saturated heterocycles. The fourth-order valence-corrected chi connectivity index (χ4v) is 5.46. The van der Waals surface area contributed by atoms with Crippen LogP contribution in [0, 0.1) is 0 Å². The molecule has 2 aliphatic rings. The smallest absolute Gasteiger partial charge is 0.144 e. The molecule has 4 rings (SSSR count). The van der Waals surface area contributed by atoms with Crippen LogP contribution in [0.1, 0.15) is 69.2 Å². The summed E-state index contributed by atoms with van der Waals surface area (Å²) in [7, 11) is 1.70. The number of rotatable bonds is 15. The van der Waals surface area contributed by atoms with E-state index < -0.39 is 5.60 Å². The van der Waals surface area contributed by atoms with E-state index in [2.05, 4.69) is 32.0 Å². The SMILES string of the molecule is CCCCO[C@@H]1[C@@H](OCCCC)[C@@H]2OC[C@]2(COC)O[C@H]1c1ccc(Cl)c(Cc2ccc(OCC)cc2)c1. The Morgan fingerprint density at radius 3 is 2.26 bits per heavy atom. The molecule has 210 valence electrons. The fraction of sp³-hybridized carbons (Fsp3) is 0.613. The van der Waals surface area contributed by atoms with Gasteiger partial charge in [0.25, 0.3) is 0 Å². The van der Waals surface area contributed by atoms with E-state index in [1.165, 1.54) is 0 Å². The third kappa shape index (κ3) is 6.72. The first-order valence-electron chi connectivity index (χ1n) is 14.1. The van der Waals surface area contributed by atoms with Gasteiger partial charge in [0.05, 0.1) is 19.8 Å². The molecule has 2 aromatic carbocycles. The van der Waals surface area contributed by atoms with Gasteiger partial charge in [-0.05, 0) is 61.1 Å². The molecule has 0 spiro atoms. The van der Waals surface area contributed by atoms with Gasteiger partial charge in [-0.2, -0.15) is 0 Å². The lowest BCUT2D eigenvalue weighted by molar-refractivity contribution is -0.374. The highest BCUT2D eigenvalue weighted by atomic mass is 35.5. The van der Waals surface area contributed by atoms with Crippen LogP contribution in [-0.4, -0.2) is 64.1 Å². The summed E-state index contributed by atoms with van der Waals surface area (Å²) in [6.45, 7) is 9.19. The second kappa shape index (κ2) is 14.1. The maximum atomic E-state index is 6.85. The Morgan fingerprint density at radius 1 is 0.947 bits per heavy atom. The van der Waals surface area contributed by atoms with E-state index in [1.54, 1.807) is 7.11 Å². The molecule has 2 heterocycles. The summed E-state index contributed by atoms with van der Waals surface area (Å²) in [6.07, 6.45) is 3.69. The van der Waals surface area contributed by atoms with Gasteiger partial charge < -0.3 is 28.4 Å². The van der Waals surface area contributed by atoms with E-state index in [1.807, 2.05) is 31.2 Å². The number of ether oxygens (including phenoxy) is 6. The lowest BCUT2D eigenvalue weighted by Crippen LogP contribution is -2.74. The van der Waals surface area contributed by atoms with Gasteiger partial charge in [0.2, 0.25) is 0 Å². The van der Waals surface area contributed by atoms with Crippen molar-refractivity contribution in [3.05, 3.63) is 64.2 Å². The maximum absolute atomic E-state index is 6.85. The van der Waals surface area contributed by atoms with Gasteiger partial charge in [0.1, 0.15) is 35.8 Å². The van der Waals surface area contributed by atoms with Gasteiger partial charge in [-0.1, -0.05) is 62.6 Å². The number of hydrogen-bond donors (Lipinski definition) is 0. The zero-order valence-corrected chi connectivity index (χ0v) is 24.0. The summed E-state index contributed by atoms with van der Waals surface area (Å²) in [6, 6.07) is 14.3. The Kier molecular flexibility index (Phi) is 10.9. The number of fused-ring (bicyclic) bond motifs is 1. The summed E-state index contributed by atoms with van der Waals surface area (Å²) in [4.78, 5) is 0. The lowest BCUT2D eigenvalue weighted by Gasteiger charge is -2.58. The predicted octanol–water partition coefficient (Wildman–Crippen LogP) is 6.56. The van der Waals surface area contributed by atoms with E-state index in [0.29, 0.717) is 39.5 Å². The molecule has 2 fully saturated rings. The van der Waals surface area contributed by atoms with E-state index in [9.17, 15) is 0 Å². The van der Waals surface area contributed by atoms with Crippen LogP contribution in [0.5, 0.6) is 5.75 Å². The molecule has 0 unspecified atom stereocenters. The molecule has 38 heavy (non-hydrogen) atoms. The van der Waals surface area contributed by atoms with Crippen molar-refractivity contribution in [2.75, 3.05) is 40.1 Å². The number of halogens is 1. The Balaban J connectivity index is 1.64. The molecule has 6 nitrogen and oxygen atoms in total. The van der Waals surface area contributed by atoms with Gasteiger partial charge in [-0.25, -0.2) is 0 Å². The third-order valence-corrected chi connectivity index (χ3v) is 7.71.